The molecule has 1 fully saturated rings. The van der Waals surface area contributed by atoms with E-state index in [1.165, 1.54) is 15.9 Å². The van der Waals surface area contributed by atoms with Gasteiger partial charge in [-0.15, -0.1) is 11.3 Å². The summed E-state index contributed by atoms with van der Waals surface area (Å²) in [6, 6.07) is 1.74. The third kappa shape index (κ3) is 2.43. The fraction of sp³-hybridized carbons (Fsp3) is 0.429. The molecule has 2 aromatic heterocycles. The van der Waals surface area contributed by atoms with Crippen molar-refractivity contribution in [3.63, 3.8) is 0 Å². The minimum atomic E-state index is -1.27. The average Bonchev–Trinajstić information content (AvgIpc) is 2.93. The van der Waals surface area contributed by atoms with Crippen LogP contribution in [0.1, 0.15) is 23.2 Å². The maximum atomic E-state index is 12.3. The largest absolute Gasteiger partial charge is 0.502 e. The molecule has 7 heteroatoms. The monoisotopic (exact) mass is 308 g/mol. The summed E-state index contributed by atoms with van der Waals surface area (Å²) in [5.41, 5.74) is -0.322. The van der Waals surface area contributed by atoms with Gasteiger partial charge in [0.1, 0.15) is 5.56 Å². The van der Waals surface area contributed by atoms with E-state index in [0.717, 1.165) is 25.9 Å². The fourth-order valence-corrected chi connectivity index (χ4v) is 3.81. The molecule has 0 aromatic carbocycles. The second kappa shape index (κ2) is 5.50. The van der Waals surface area contributed by atoms with Crippen LogP contribution in [0, 0.1) is 5.92 Å². The summed E-state index contributed by atoms with van der Waals surface area (Å²) in [4.78, 5) is 23.6. The van der Waals surface area contributed by atoms with Gasteiger partial charge < -0.3 is 20.1 Å². The number of carboxylic acid groups (broad SMARTS) is 1. The van der Waals surface area contributed by atoms with E-state index in [0.29, 0.717) is 22.7 Å². The average molecular weight is 308 g/mol. The summed E-state index contributed by atoms with van der Waals surface area (Å²) in [7, 11) is 0. The number of carboxylic acids is 1. The number of nitrogens with one attached hydrogen (secondary N) is 1. The summed E-state index contributed by atoms with van der Waals surface area (Å²) in [6.07, 6.45) is 2.08. The van der Waals surface area contributed by atoms with Crippen LogP contribution < -0.4 is 10.9 Å². The third-order valence-electron chi connectivity index (χ3n) is 3.90. The summed E-state index contributed by atoms with van der Waals surface area (Å²) in [6.45, 7) is 2.31. The Kier molecular flexibility index (Phi) is 3.69. The van der Waals surface area contributed by atoms with Crippen LogP contribution in [0.15, 0.2) is 16.2 Å². The first-order valence-corrected chi connectivity index (χ1v) is 7.74. The van der Waals surface area contributed by atoms with Crippen LogP contribution in [0.4, 0.5) is 0 Å². The van der Waals surface area contributed by atoms with Gasteiger partial charge in [-0.05, 0) is 43.3 Å². The van der Waals surface area contributed by atoms with Crippen LogP contribution in [0.25, 0.3) is 10.2 Å². The van der Waals surface area contributed by atoms with Crippen molar-refractivity contribution in [2.75, 3.05) is 13.1 Å². The van der Waals surface area contributed by atoms with Gasteiger partial charge in [-0.3, -0.25) is 4.79 Å². The highest BCUT2D eigenvalue weighted by molar-refractivity contribution is 7.17. The smallest absolute Gasteiger partial charge is 0.341 e. The number of hydrogen-bond acceptors (Lipinski definition) is 5. The van der Waals surface area contributed by atoms with E-state index in [2.05, 4.69) is 5.32 Å². The van der Waals surface area contributed by atoms with E-state index in [4.69, 9.17) is 0 Å². The summed E-state index contributed by atoms with van der Waals surface area (Å²) < 4.78 is 1.95. The van der Waals surface area contributed by atoms with Crippen LogP contribution in [-0.2, 0) is 6.54 Å². The van der Waals surface area contributed by atoms with Crippen LogP contribution in [-0.4, -0.2) is 33.8 Å². The number of aromatic nitrogens is 1. The molecular formula is C14H16N2O4S. The molecule has 2 aromatic rings. The summed E-state index contributed by atoms with van der Waals surface area (Å²) in [5.74, 6) is -1.63. The molecule has 6 nitrogen and oxygen atoms in total. The molecule has 1 unspecified atom stereocenters. The molecule has 0 saturated carbocycles. The number of nitrogens with zero attached hydrogens (tertiary/aromatic N) is 1. The second-order valence-electron chi connectivity index (χ2n) is 5.29. The van der Waals surface area contributed by atoms with Crippen LogP contribution in [0.5, 0.6) is 5.75 Å². The minimum absolute atomic E-state index is 0.289. The lowest BCUT2D eigenvalue weighted by Gasteiger charge is -2.24. The van der Waals surface area contributed by atoms with Crippen molar-refractivity contribution < 1.29 is 15.0 Å². The lowest BCUT2D eigenvalue weighted by Crippen LogP contribution is -2.35. The molecule has 0 bridgehead atoms. The number of carbonyl (C=O) groups is 1. The van der Waals surface area contributed by atoms with Crippen molar-refractivity contribution in [3.05, 3.63) is 27.4 Å². The predicted octanol–water partition coefficient (Wildman–Crippen LogP) is 1.47. The van der Waals surface area contributed by atoms with Gasteiger partial charge in [0, 0.05) is 6.54 Å². The van der Waals surface area contributed by atoms with Gasteiger partial charge in [-0.25, -0.2) is 4.79 Å². The van der Waals surface area contributed by atoms with Crippen LogP contribution in [0.2, 0.25) is 0 Å². The number of pyridine rings is 1. The summed E-state index contributed by atoms with van der Waals surface area (Å²) in [5, 5.41) is 24.2. The fourth-order valence-electron chi connectivity index (χ4n) is 2.87. The molecule has 3 rings (SSSR count). The number of fused-ring (bicyclic) bond motifs is 1. The van der Waals surface area contributed by atoms with Gasteiger partial charge in [0.15, 0.2) is 5.75 Å². The Morgan fingerprint density at radius 1 is 1.52 bits per heavy atom. The first kappa shape index (κ1) is 14.1. The molecule has 3 N–H and O–H groups in total. The van der Waals surface area contributed by atoms with Crippen LogP contribution in [0.3, 0.4) is 0 Å². The van der Waals surface area contributed by atoms with Crippen molar-refractivity contribution >= 4 is 27.5 Å². The number of hydrogen-bond donors (Lipinski definition) is 3. The number of aromatic carboxylic acids is 1. The molecule has 0 aliphatic carbocycles. The molecule has 0 amide bonds. The van der Waals surface area contributed by atoms with Gasteiger partial charge in [0.25, 0.3) is 5.56 Å². The van der Waals surface area contributed by atoms with E-state index in [1.807, 2.05) is 0 Å². The molecule has 0 radical (unpaired) electrons. The lowest BCUT2D eigenvalue weighted by molar-refractivity contribution is 0.0695. The molecular weight excluding hydrogens is 292 g/mol. The van der Waals surface area contributed by atoms with Gasteiger partial charge >= 0.3 is 5.97 Å². The van der Waals surface area contributed by atoms with Crippen molar-refractivity contribution in [1.82, 2.24) is 9.88 Å². The standard InChI is InChI=1S/C14H16N2O4S/c17-11-10(14(19)20)12-9(3-5-21-12)16(13(11)18)7-8-2-1-4-15-6-8/h3,5,8,15,17H,1-2,4,6-7H2,(H,19,20). The molecule has 1 aliphatic heterocycles. The van der Waals surface area contributed by atoms with E-state index >= 15 is 0 Å². The highest BCUT2D eigenvalue weighted by Gasteiger charge is 2.24. The van der Waals surface area contributed by atoms with Crippen molar-refractivity contribution in [2.24, 2.45) is 5.92 Å². The Morgan fingerprint density at radius 3 is 3.00 bits per heavy atom. The number of rotatable bonds is 3. The zero-order valence-electron chi connectivity index (χ0n) is 11.3. The van der Waals surface area contributed by atoms with Gasteiger partial charge in [0.05, 0.1) is 10.2 Å². The van der Waals surface area contributed by atoms with Crippen molar-refractivity contribution in [1.29, 1.82) is 0 Å². The van der Waals surface area contributed by atoms with Gasteiger partial charge in [0.2, 0.25) is 0 Å². The summed E-state index contributed by atoms with van der Waals surface area (Å²) >= 11 is 1.23. The van der Waals surface area contributed by atoms with E-state index in [1.54, 1.807) is 11.4 Å². The third-order valence-corrected chi connectivity index (χ3v) is 4.82. The number of thiophene rings is 1. The Balaban J connectivity index is 2.12. The van der Waals surface area contributed by atoms with Gasteiger partial charge in [-0.2, -0.15) is 0 Å². The molecule has 21 heavy (non-hydrogen) atoms. The Morgan fingerprint density at radius 2 is 2.33 bits per heavy atom. The zero-order chi connectivity index (χ0) is 15.0. The molecule has 1 aliphatic rings. The first-order valence-electron chi connectivity index (χ1n) is 6.86. The maximum absolute atomic E-state index is 12.3. The Hall–Kier alpha value is -1.86. The molecule has 3 heterocycles. The quantitative estimate of drug-likeness (QED) is 0.798. The van der Waals surface area contributed by atoms with Crippen molar-refractivity contribution in [3.8, 4) is 5.75 Å². The second-order valence-corrected chi connectivity index (χ2v) is 6.21. The van der Waals surface area contributed by atoms with E-state index in [-0.39, 0.29) is 5.56 Å². The topological polar surface area (TPSA) is 91.6 Å². The minimum Gasteiger partial charge on any atom is -0.502 e. The number of piperidine rings is 1. The number of aromatic hydroxyl groups is 1. The molecule has 1 atom stereocenters. The maximum Gasteiger partial charge on any atom is 0.341 e. The molecule has 112 valence electrons. The molecule has 0 spiro atoms. The van der Waals surface area contributed by atoms with Crippen molar-refractivity contribution in [2.45, 2.75) is 19.4 Å². The SMILES string of the molecule is O=C(O)c1c(O)c(=O)n(CC2CCCNC2)c2ccsc12. The predicted molar refractivity (Wildman–Crippen MR) is 80.3 cm³/mol. The Bertz CT molecular complexity index is 743. The van der Waals surface area contributed by atoms with Gasteiger partial charge in [-0.1, -0.05) is 0 Å². The highest BCUT2D eigenvalue weighted by atomic mass is 32.1. The zero-order valence-corrected chi connectivity index (χ0v) is 12.2. The van der Waals surface area contributed by atoms with Crippen LogP contribution >= 0.6 is 11.3 Å². The van der Waals surface area contributed by atoms with E-state index in [9.17, 15) is 19.8 Å². The Labute approximate surface area is 124 Å². The highest BCUT2D eigenvalue weighted by Crippen LogP contribution is 2.29. The molecule has 1 saturated heterocycles. The first-order chi connectivity index (χ1) is 10.1. The normalized spacial score (nSPS) is 19.0. The lowest BCUT2D eigenvalue weighted by atomic mass is 9.99. The van der Waals surface area contributed by atoms with E-state index < -0.39 is 17.3 Å².